The van der Waals surface area contributed by atoms with E-state index in [2.05, 4.69) is 16.0 Å². The summed E-state index contributed by atoms with van der Waals surface area (Å²) in [5.41, 5.74) is 2.38. The van der Waals surface area contributed by atoms with Gasteiger partial charge in [-0.2, -0.15) is 0 Å². The third kappa shape index (κ3) is 8.14. The zero-order valence-corrected chi connectivity index (χ0v) is 24.9. The molecule has 7 nitrogen and oxygen atoms in total. The van der Waals surface area contributed by atoms with Crippen molar-refractivity contribution in [1.29, 1.82) is 0 Å². The van der Waals surface area contributed by atoms with Crippen molar-refractivity contribution in [3.8, 4) is 5.75 Å². The first-order valence-electron chi connectivity index (χ1n) is 14.1. The maximum atomic E-state index is 13.5. The molecule has 0 aliphatic heterocycles. The summed E-state index contributed by atoms with van der Waals surface area (Å²) in [6.45, 7) is 2.33. The zero-order chi connectivity index (χ0) is 30.7. The van der Waals surface area contributed by atoms with Gasteiger partial charge in [-0.05, 0) is 72.3 Å². The molecule has 0 heterocycles. The summed E-state index contributed by atoms with van der Waals surface area (Å²) in [4.78, 5) is 40.0. The first kappa shape index (κ1) is 30.1. The lowest BCUT2D eigenvalue weighted by molar-refractivity contribution is -0.114. The normalized spacial score (nSPS) is 11.1. The van der Waals surface area contributed by atoms with Crippen LogP contribution in [0, 0.1) is 0 Å². The highest BCUT2D eigenvalue weighted by Gasteiger charge is 2.16. The van der Waals surface area contributed by atoms with Crippen LogP contribution in [0.4, 0.5) is 11.4 Å². The van der Waals surface area contributed by atoms with Crippen LogP contribution in [0.1, 0.15) is 22.8 Å². The molecule has 0 aliphatic rings. The minimum Gasteiger partial charge on any atom is -0.493 e. The van der Waals surface area contributed by atoms with Crippen molar-refractivity contribution in [1.82, 2.24) is 5.32 Å². The molecule has 3 N–H and O–H groups in total. The smallest absolute Gasteiger partial charge is 0.272 e. The Balaban J connectivity index is 1.28. The highest BCUT2D eigenvalue weighted by Crippen LogP contribution is 2.25. The lowest BCUT2D eigenvalue weighted by Crippen LogP contribution is -2.30. The van der Waals surface area contributed by atoms with Crippen LogP contribution in [0.3, 0.4) is 0 Å². The molecular formula is C36H31N3O4S. The van der Waals surface area contributed by atoms with E-state index in [0.717, 1.165) is 21.4 Å². The molecule has 0 atom stereocenters. The maximum absolute atomic E-state index is 13.5. The number of carbonyl (C=O) groups is 3. The van der Waals surface area contributed by atoms with Gasteiger partial charge in [0.25, 0.3) is 11.8 Å². The lowest BCUT2D eigenvalue weighted by Gasteiger charge is -2.13. The van der Waals surface area contributed by atoms with E-state index < -0.39 is 11.8 Å². The molecule has 0 saturated heterocycles. The predicted molar refractivity (Wildman–Crippen MR) is 178 cm³/mol. The van der Waals surface area contributed by atoms with Gasteiger partial charge in [0.2, 0.25) is 5.91 Å². The number of hydrogen-bond acceptors (Lipinski definition) is 5. The molecule has 5 aromatic rings. The summed E-state index contributed by atoms with van der Waals surface area (Å²) < 4.78 is 5.72. The number of para-hydroxylation sites is 1. The molecule has 0 unspecified atom stereocenters. The van der Waals surface area contributed by atoms with Gasteiger partial charge in [0, 0.05) is 27.4 Å². The number of amides is 3. The van der Waals surface area contributed by atoms with Gasteiger partial charge in [-0.3, -0.25) is 14.4 Å². The highest BCUT2D eigenvalue weighted by molar-refractivity contribution is 8.00. The van der Waals surface area contributed by atoms with Crippen LogP contribution in [-0.2, 0) is 9.59 Å². The van der Waals surface area contributed by atoms with Gasteiger partial charge in [-0.15, -0.1) is 11.8 Å². The fourth-order valence-electron chi connectivity index (χ4n) is 4.46. The van der Waals surface area contributed by atoms with E-state index in [1.807, 2.05) is 79.7 Å². The number of benzene rings is 5. The van der Waals surface area contributed by atoms with Gasteiger partial charge in [-0.25, -0.2) is 0 Å². The molecule has 5 rings (SSSR count). The molecule has 220 valence electrons. The van der Waals surface area contributed by atoms with Crippen LogP contribution in [0.5, 0.6) is 5.75 Å². The van der Waals surface area contributed by atoms with Gasteiger partial charge >= 0.3 is 0 Å². The Morgan fingerprint density at radius 1 is 0.727 bits per heavy atom. The van der Waals surface area contributed by atoms with E-state index in [9.17, 15) is 14.4 Å². The minimum absolute atomic E-state index is 0.0545. The standard InChI is InChI=1S/C36H31N3O4S/c1-2-43-33-18-9-8-15-28(33)22-32(39-35(41)26-12-4-3-5-13-26)36(42)38-29-16-10-17-31(23-29)44-24-34(40)37-30-20-19-25-11-6-7-14-27(25)21-30/h3-23H,2,24H2,1H3,(H,37,40)(H,38,42)(H,39,41)/b32-22+. The monoisotopic (exact) mass is 601 g/mol. The van der Waals surface area contributed by atoms with E-state index in [4.69, 9.17) is 4.74 Å². The van der Waals surface area contributed by atoms with Gasteiger partial charge in [0.05, 0.1) is 12.4 Å². The molecule has 0 saturated carbocycles. The summed E-state index contributed by atoms with van der Waals surface area (Å²) in [6.07, 6.45) is 1.59. The molecule has 5 aromatic carbocycles. The number of ether oxygens (including phenoxy) is 1. The summed E-state index contributed by atoms with van der Waals surface area (Å²) in [5, 5.41) is 10.7. The number of anilines is 2. The fraction of sp³-hybridized carbons (Fsp3) is 0.0833. The average Bonchev–Trinajstić information content (AvgIpc) is 3.05. The molecule has 8 heteroatoms. The number of fused-ring (bicyclic) bond motifs is 1. The average molecular weight is 602 g/mol. The van der Waals surface area contributed by atoms with E-state index in [-0.39, 0.29) is 17.4 Å². The van der Waals surface area contributed by atoms with E-state index >= 15 is 0 Å². The highest BCUT2D eigenvalue weighted by atomic mass is 32.2. The molecular weight excluding hydrogens is 570 g/mol. The summed E-state index contributed by atoms with van der Waals surface area (Å²) in [7, 11) is 0. The van der Waals surface area contributed by atoms with Crippen molar-refractivity contribution in [2.75, 3.05) is 23.0 Å². The molecule has 44 heavy (non-hydrogen) atoms. The van der Waals surface area contributed by atoms with Crippen LogP contribution in [0.25, 0.3) is 16.8 Å². The summed E-state index contributed by atoms with van der Waals surface area (Å²) in [6, 6.07) is 37.0. The quantitative estimate of drug-likeness (QED) is 0.108. The van der Waals surface area contributed by atoms with Crippen LogP contribution >= 0.6 is 11.8 Å². The van der Waals surface area contributed by atoms with Crippen molar-refractivity contribution in [3.05, 3.63) is 138 Å². The second-order valence-electron chi connectivity index (χ2n) is 9.73. The predicted octanol–water partition coefficient (Wildman–Crippen LogP) is 7.38. The topological polar surface area (TPSA) is 96.5 Å². The van der Waals surface area contributed by atoms with E-state index in [1.54, 1.807) is 54.6 Å². The molecule has 0 fully saturated rings. The van der Waals surface area contributed by atoms with Crippen molar-refractivity contribution in [2.24, 2.45) is 0 Å². The second-order valence-corrected chi connectivity index (χ2v) is 10.8. The lowest BCUT2D eigenvalue weighted by atomic mass is 10.1. The van der Waals surface area contributed by atoms with E-state index in [1.165, 1.54) is 11.8 Å². The molecule has 0 bridgehead atoms. The van der Waals surface area contributed by atoms with Gasteiger partial charge < -0.3 is 20.7 Å². The Morgan fingerprint density at radius 3 is 2.27 bits per heavy atom. The van der Waals surface area contributed by atoms with Crippen molar-refractivity contribution in [3.63, 3.8) is 0 Å². The van der Waals surface area contributed by atoms with E-state index in [0.29, 0.717) is 29.2 Å². The second kappa shape index (κ2) is 14.7. The third-order valence-electron chi connectivity index (χ3n) is 6.54. The third-order valence-corrected chi connectivity index (χ3v) is 7.54. The van der Waals surface area contributed by atoms with Crippen LogP contribution in [0.15, 0.2) is 132 Å². The SMILES string of the molecule is CCOc1ccccc1/C=C(/NC(=O)c1ccccc1)C(=O)Nc1cccc(SCC(=O)Nc2ccc3ccccc3c2)c1. The Morgan fingerprint density at radius 2 is 1.45 bits per heavy atom. The van der Waals surface area contributed by atoms with Gasteiger partial charge in [0.15, 0.2) is 0 Å². The summed E-state index contributed by atoms with van der Waals surface area (Å²) in [5.74, 6) is -0.271. The van der Waals surface area contributed by atoms with Crippen LogP contribution in [0.2, 0.25) is 0 Å². The zero-order valence-electron chi connectivity index (χ0n) is 24.1. The molecule has 0 aliphatic carbocycles. The van der Waals surface area contributed by atoms with Crippen LogP contribution in [-0.4, -0.2) is 30.1 Å². The van der Waals surface area contributed by atoms with Crippen molar-refractivity contribution >= 4 is 57.7 Å². The Kier molecular flexibility index (Phi) is 10.1. The first-order chi connectivity index (χ1) is 21.5. The summed E-state index contributed by atoms with van der Waals surface area (Å²) >= 11 is 1.35. The molecule has 0 spiro atoms. The number of thioether (sulfide) groups is 1. The van der Waals surface area contributed by atoms with Crippen molar-refractivity contribution in [2.45, 2.75) is 11.8 Å². The maximum Gasteiger partial charge on any atom is 0.272 e. The molecule has 3 amide bonds. The Bertz CT molecular complexity index is 1820. The van der Waals surface area contributed by atoms with Crippen molar-refractivity contribution < 1.29 is 19.1 Å². The molecule has 0 radical (unpaired) electrons. The molecule has 0 aromatic heterocycles. The first-order valence-corrected chi connectivity index (χ1v) is 15.1. The Hall–Kier alpha value is -5.34. The minimum atomic E-state index is -0.503. The van der Waals surface area contributed by atoms with Crippen LogP contribution < -0.4 is 20.7 Å². The number of nitrogens with one attached hydrogen (secondary N) is 3. The largest absolute Gasteiger partial charge is 0.493 e. The number of rotatable bonds is 11. The number of carbonyl (C=O) groups excluding carboxylic acids is 3. The number of hydrogen-bond donors (Lipinski definition) is 3. The Labute approximate surface area is 260 Å². The fourth-order valence-corrected chi connectivity index (χ4v) is 5.21. The van der Waals surface area contributed by atoms with Gasteiger partial charge in [-0.1, -0.05) is 72.8 Å². The van der Waals surface area contributed by atoms with Gasteiger partial charge in [0.1, 0.15) is 11.4 Å².